The normalized spacial score (nSPS) is 12.9. The molecular formula is C14H24N2. The van der Waals surface area contributed by atoms with Crippen molar-refractivity contribution >= 4 is 0 Å². The topological polar surface area (TPSA) is 25.8 Å². The number of aromatic nitrogens is 2. The number of hydrogen-bond acceptors (Lipinski definition) is 2. The van der Waals surface area contributed by atoms with Crippen LogP contribution in [0.25, 0.3) is 0 Å². The van der Waals surface area contributed by atoms with E-state index in [2.05, 4.69) is 51.5 Å². The zero-order chi connectivity index (χ0) is 12.4. The molecule has 0 aliphatic heterocycles. The van der Waals surface area contributed by atoms with Crippen molar-refractivity contribution < 1.29 is 0 Å². The molecule has 0 spiro atoms. The molecule has 2 nitrogen and oxygen atoms in total. The van der Waals surface area contributed by atoms with E-state index in [1.165, 1.54) is 0 Å². The molecule has 1 heterocycles. The molecule has 2 heteroatoms. The highest BCUT2D eigenvalue weighted by Gasteiger charge is 2.14. The first kappa shape index (κ1) is 13.1. The molecule has 0 fully saturated rings. The molecule has 0 N–H and O–H groups in total. The van der Waals surface area contributed by atoms with Gasteiger partial charge in [-0.25, -0.2) is 0 Å². The molecule has 1 aromatic heterocycles. The minimum Gasteiger partial charge on any atom is -0.258 e. The van der Waals surface area contributed by atoms with Gasteiger partial charge in [-0.3, -0.25) is 9.97 Å². The van der Waals surface area contributed by atoms with Crippen LogP contribution in [0, 0.1) is 10.8 Å². The SMILES string of the molecule is CC(C)(C)Cc1cnc(CC(C)(C)C)cn1. The lowest BCUT2D eigenvalue weighted by molar-refractivity contribution is 0.398. The Kier molecular flexibility index (Phi) is 3.72. The van der Waals surface area contributed by atoms with Crippen LogP contribution in [0.4, 0.5) is 0 Å². The van der Waals surface area contributed by atoms with Crippen LogP contribution in [0.15, 0.2) is 12.4 Å². The third kappa shape index (κ3) is 5.24. The Balaban J connectivity index is 2.69. The average Bonchev–Trinajstić information content (AvgIpc) is 2.03. The molecule has 1 aromatic rings. The van der Waals surface area contributed by atoms with Gasteiger partial charge in [-0.15, -0.1) is 0 Å². The van der Waals surface area contributed by atoms with E-state index in [1.807, 2.05) is 12.4 Å². The van der Waals surface area contributed by atoms with E-state index in [0.717, 1.165) is 24.2 Å². The summed E-state index contributed by atoms with van der Waals surface area (Å²) in [7, 11) is 0. The molecule has 0 saturated carbocycles. The predicted octanol–water partition coefficient (Wildman–Crippen LogP) is 3.65. The van der Waals surface area contributed by atoms with E-state index in [-0.39, 0.29) is 10.8 Å². The first-order valence-corrected chi connectivity index (χ1v) is 5.96. The van der Waals surface area contributed by atoms with Gasteiger partial charge in [-0.2, -0.15) is 0 Å². The number of rotatable bonds is 2. The molecular weight excluding hydrogens is 196 g/mol. The fourth-order valence-corrected chi connectivity index (χ4v) is 1.65. The molecule has 0 bridgehead atoms. The Morgan fingerprint density at radius 3 is 1.25 bits per heavy atom. The van der Waals surface area contributed by atoms with E-state index in [9.17, 15) is 0 Å². The van der Waals surface area contributed by atoms with E-state index in [1.54, 1.807) is 0 Å². The van der Waals surface area contributed by atoms with Crippen LogP contribution in [0.3, 0.4) is 0 Å². The van der Waals surface area contributed by atoms with Crippen LogP contribution in [0.5, 0.6) is 0 Å². The quantitative estimate of drug-likeness (QED) is 0.760. The van der Waals surface area contributed by atoms with Crippen molar-refractivity contribution in [3.05, 3.63) is 23.8 Å². The highest BCUT2D eigenvalue weighted by molar-refractivity contribution is 5.05. The van der Waals surface area contributed by atoms with Crippen LogP contribution < -0.4 is 0 Å². The van der Waals surface area contributed by atoms with Gasteiger partial charge in [0.2, 0.25) is 0 Å². The Morgan fingerprint density at radius 2 is 1.06 bits per heavy atom. The molecule has 90 valence electrons. The Bertz CT molecular complexity index is 290. The lowest BCUT2D eigenvalue weighted by atomic mass is 9.90. The highest BCUT2D eigenvalue weighted by atomic mass is 14.8. The first-order chi connectivity index (χ1) is 7.16. The maximum atomic E-state index is 4.49. The third-order valence-electron chi connectivity index (χ3n) is 2.18. The largest absolute Gasteiger partial charge is 0.258 e. The third-order valence-corrected chi connectivity index (χ3v) is 2.18. The summed E-state index contributed by atoms with van der Waals surface area (Å²) in [5.74, 6) is 0. The summed E-state index contributed by atoms with van der Waals surface area (Å²) in [6.45, 7) is 13.3. The standard InChI is InChI=1S/C14H24N2/c1-13(2,3)7-11-9-16-12(10-15-11)8-14(4,5)6/h9-10H,7-8H2,1-6H3. The van der Waals surface area contributed by atoms with E-state index >= 15 is 0 Å². The first-order valence-electron chi connectivity index (χ1n) is 5.96. The average molecular weight is 220 g/mol. The molecule has 0 atom stereocenters. The summed E-state index contributed by atoms with van der Waals surface area (Å²) < 4.78 is 0. The van der Waals surface area contributed by atoms with Gasteiger partial charge in [0.15, 0.2) is 0 Å². The van der Waals surface area contributed by atoms with Crippen molar-refractivity contribution in [3.63, 3.8) is 0 Å². The number of hydrogen-bond donors (Lipinski definition) is 0. The Hall–Kier alpha value is -0.920. The zero-order valence-corrected chi connectivity index (χ0v) is 11.5. The predicted molar refractivity (Wildman–Crippen MR) is 68.4 cm³/mol. The molecule has 0 unspecified atom stereocenters. The maximum absolute atomic E-state index is 4.49. The van der Waals surface area contributed by atoms with Gasteiger partial charge >= 0.3 is 0 Å². The summed E-state index contributed by atoms with van der Waals surface area (Å²) in [4.78, 5) is 8.97. The molecule has 16 heavy (non-hydrogen) atoms. The fraction of sp³-hybridized carbons (Fsp3) is 0.714. The second-order valence-corrected chi connectivity index (χ2v) is 6.97. The smallest absolute Gasteiger partial charge is 0.0592 e. The minimum absolute atomic E-state index is 0.278. The van der Waals surface area contributed by atoms with Gasteiger partial charge in [0, 0.05) is 12.4 Å². The summed E-state index contributed by atoms with van der Waals surface area (Å²) in [6.07, 6.45) is 5.81. The Morgan fingerprint density at radius 1 is 0.750 bits per heavy atom. The second-order valence-electron chi connectivity index (χ2n) is 6.97. The van der Waals surface area contributed by atoms with E-state index in [4.69, 9.17) is 0 Å². The van der Waals surface area contributed by atoms with Gasteiger partial charge in [0.05, 0.1) is 11.4 Å². The summed E-state index contributed by atoms with van der Waals surface area (Å²) >= 11 is 0. The molecule has 0 amide bonds. The van der Waals surface area contributed by atoms with E-state index < -0.39 is 0 Å². The maximum Gasteiger partial charge on any atom is 0.0592 e. The highest BCUT2D eigenvalue weighted by Crippen LogP contribution is 2.21. The van der Waals surface area contributed by atoms with Crippen molar-refractivity contribution in [2.24, 2.45) is 10.8 Å². The summed E-state index contributed by atoms with van der Waals surface area (Å²) in [6, 6.07) is 0. The van der Waals surface area contributed by atoms with Crippen LogP contribution >= 0.6 is 0 Å². The molecule has 0 saturated heterocycles. The molecule has 0 aliphatic carbocycles. The van der Waals surface area contributed by atoms with Crippen LogP contribution in [0.1, 0.15) is 52.9 Å². The molecule has 0 aromatic carbocycles. The van der Waals surface area contributed by atoms with Gasteiger partial charge in [0.1, 0.15) is 0 Å². The summed E-state index contributed by atoms with van der Waals surface area (Å²) in [5, 5.41) is 0. The lowest BCUT2D eigenvalue weighted by Crippen LogP contribution is -2.13. The van der Waals surface area contributed by atoms with Crippen molar-refractivity contribution in [1.29, 1.82) is 0 Å². The zero-order valence-electron chi connectivity index (χ0n) is 11.5. The van der Waals surface area contributed by atoms with E-state index in [0.29, 0.717) is 0 Å². The molecule has 0 aliphatic rings. The van der Waals surface area contributed by atoms with Crippen molar-refractivity contribution in [2.75, 3.05) is 0 Å². The lowest BCUT2D eigenvalue weighted by Gasteiger charge is -2.19. The van der Waals surface area contributed by atoms with Crippen molar-refractivity contribution in [2.45, 2.75) is 54.4 Å². The monoisotopic (exact) mass is 220 g/mol. The van der Waals surface area contributed by atoms with Crippen LogP contribution in [-0.4, -0.2) is 9.97 Å². The van der Waals surface area contributed by atoms with Crippen molar-refractivity contribution in [3.8, 4) is 0 Å². The molecule has 0 radical (unpaired) electrons. The number of nitrogens with zero attached hydrogens (tertiary/aromatic N) is 2. The van der Waals surface area contributed by atoms with Crippen molar-refractivity contribution in [1.82, 2.24) is 9.97 Å². The Labute approximate surface area is 99.5 Å². The van der Waals surface area contributed by atoms with Crippen LogP contribution in [-0.2, 0) is 12.8 Å². The van der Waals surface area contributed by atoms with Crippen LogP contribution in [0.2, 0.25) is 0 Å². The molecule has 1 rings (SSSR count). The van der Waals surface area contributed by atoms with Gasteiger partial charge in [-0.05, 0) is 23.7 Å². The minimum atomic E-state index is 0.278. The fourth-order valence-electron chi connectivity index (χ4n) is 1.65. The van der Waals surface area contributed by atoms with Gasteiger partial charge < -0.3 is 0 Å². The van der Waals surface area contributed by atoms with Gasteiger partial charge in [-0.1, -0.05) is 41.5 Å². The second kappa shape index (κ2) is 4.52. The summed E-state index contributed by atoms with van der Waals surface area (Å²) in [5.41, 5.74) is 2.73. The van der Waals surface area contributed by atoms with Gasteiger partial charge in [0.25, 0.3) is 0 Å².